The van der Waals surface area contributed by atoms with Crippen LogP contribution in [0.1, 0.15) is 11.1 Å². The number of ether oxygens (including phenoxy) is 1. The predicted molar refractivity (Wildman–Crippen MR) is 72.5 cm³/mol. The average molecular weight is 282 g/mol. The Morgan fingerprint density at radius 1 is 1.40 bits per heavy atom. The van der Waals surface area contributed by atoms with Crippen LogP contribution in [0.15, 0.2) is 18.2 Å². The van der Waals surface area contributed by atoms with Gasteiger partial charge in [0.05, 0.1) is 0 Å². The third kappa shape index (κ3) is 3.91. The van der Waals surface area contributed by atoms with Gasteiger partial charge in [-0.05, 0) is 11.6 Å². The number of benzene rings is 1. The van der Waals surface area contributed by atoms with Gasteiger partial charge in [0.25, 0.3) is 0 Å². The number of carbonyl (C=O) groups is 1. The van der Waals surface area contributed by atoms with Crippen molar-refractivity contribution in [2.75, 3.05) is 32.8 Å². The van der Waals surface area contributed by atoms with E-state index in [1.54, 1.807) is 12.1 Å². The Balaban J connectivity index is 2.10. The lowest BCUT2D eigenvalue weighted by Crippen LogP contribution is -2.43. The molecule has 2 rings (SSSR count). The van der Waals surface area contributed by atoms with Gasteiger partial charge < -0.3 is 15.2 Å². The fourth-order valence-electron chi connectivity index (χ4n) is 2.30. The van der Waals surface area contributed by atoms with Gasteiger partial charge in [-0.2, -0.15) is 0 Å². The fraction of sp³-hybridized carbons (Fsp3) is 0.500. The van der Waals surface area contributed by atoms with Crippen molar-refractivity contribution in [3.05, 3.63) is 29.3 Å². The second kappa shape index (κ2) is 7.21. The highest BCUT2D eigenvalue weighted by Crippen LogP contribution is 2.25. The summed E-state index contributed by atoms with van der Waals surface area (Å²) in [6.07, 6.45) is 0. The standard InChI is InChI=1S/C14H19FN2O3/c15-8-12-11(9-17-6-4-16-5-7-17)2-1-3-13(12)20-10-14(18)19/h1-3,16H,4-10H2,(H,18,19). The zero-order chi connectivity index (χ0) is 14.4. The van der Waals surface area contributed by atoms with Crippen molar-refractivity contribution < 1.29 is 19.0 Å². The molecule has 0 aromatic heterocycles. The first kappa shape index (κ1) is 14.7. The molecule has 0 bridgehead atoms. The number of hydrogen-bond acceptors (Lipinski definition) is 4. The predicted octanol–water partition coefficient (Wildman–Crippen LogP) is 1.02. The van der Waals surface area contributed by atoms with Gasteiger partial charge in [-0.15, -0.1) is 0 Å². The Labute approximate surface area is 117 Å². The first-order valence-electron chi connectivity index (χ1n) is 6.65. The van der Waals surface area contributed by atoms with E-state index >= 15 is 0 Å². The molecule has 0 amide bonds. The lowest BCUT2D eigenvalue weighted by molar-refractivity contribution is -0.139. The maximum absolute atomic E-state index is 13.3. The summed E-state index contributed by atoms with van der Waals surface area (Å²) in [6, 6.07) is 5.25. The maximum atomic E-state index is 13.3. The van der Waals surface area contributed by atoms with Gasteiger partial charge in [-0.3, -0.25) is 4.90 Å². The number of rotatable bonds is 6. The van der Waals surface area contributed by atoms with Crippen molar-refractivity contribution in [1.82, 2.24) is 10.2 Å². The lowest BCUT2D eigenvalue weighted by Gasteiger charge is -2.28. The molecule has 0 atom stereocenters. The molecule has 1 heterocycles. The summed E-state index contributed by atoms with van der Waals surface area (Å²) in [5.74, 6) is -0.746. The molecule has 0 saturated carbocycles. The van der Waals surface area contributed by atoms with Crippen molar-refractivity contribution in [3.8, 4) is 5.75 Å². The molecule has 5 nitrogen and oxygen atoms in total. The molecule has 2 N–H and O–H groups in total. The number of aliphatic carboxylic acids is 1. The summed E-state index contributed by atoms with van der Waals surface area (Å²) in [5, 5.41) is 11.9. The van der Waals surface area contributed by atoms with Crippen molar-refractivity contribution >= 4 is 5.97 Å². The molecule has 1 aliphatic heterocycles. The molecular weight excluding hydrogens is 263 g/mol. The molecule has 6 heteroatoms. The second-order valence-corrected chi connectivity index (χ2v) is 4.74. The number of nitrogens with one attached hydrogen (secondary N) is 1. The van der Waals surface area contributed by atoms with E-state index in [-0.39, 0.29) is 0 Å². The summed E-state index contributed by atoms with van der Waals surface area (Å²) in [5.41, 5.74) is 1.31. The second-order valence-electron chi connectivity index (χ2n) is 4.74. The zero-order valence-electron chi connectivity index (χ0n) is 11.3. The van der Waals surface area contributed by atoms with E-state index in [9.17, 15) is 9.18 Å². The third-order valence-corrected chi connectivity index (χ3v) is 3.32. The van der Waals surface area contributed by atoms with Crippen LogP contribution in [0.5, 0.6) is 5.75 Å². The minimum Gasteiger partial charge on any atom is -0.482 e. The smallest absolute Gasteiger partial charge is 0.341 e. The molecule has 0 spiro atoms. The third-order valence-electron chi connectivity index (χ3n) is 3.32. The van der Waals surface area contributed by atoms with E-state index in [1.807, 2.05) is 6.07 Å². The van der Waals surface area contributed by atoms with E-state index in [0.29, 0.717) is 17.9 Å². The van der Waals surface area contributed by atoms with Crippen LogP contribution >= 0.6 is 0 Å². The molecule has 0 unspecified atom stereocenters. The van der Waals surface area contributed by atoms with Gasteiger partial charge in [0.15, 0.2) is 6.61 Å². The molecule has 1 fully saturated rings. The normalized spacial score (nSPS) is 16.1. The quantitative estimate of drug-likeness (QED) is 0.816. The van der Waals surface area contributed by atoms with Crippen LogP contribution in [0.25, 0.3) is 0 Å². The van der Waals surface area contributed by atoms with E-state index in [2.05, 4.69) is 10.2 Å². The number of carboxylic acid groups (broad SMARTS) is 1. The van der Waals surface area contributed by atoms with Gasteiger partial charge in [-0.25, -0.2) is 9.18 Å². The fourth-order valence-corrected chi connectivity index (χ4v) is 2.30. The minimum absolute atomic E-state index is 0.322. The van der Waals surface area contributed by atoms with Crippen molar-refractivity contribution in [2.45, 2.75) is 13.2 Å². The van der Waals surface area contributed by atoms with Crippen LogP contribution < -0.4 is 10.1 Å². The molecule has 20 heavy (non-hydrogen) atoms. The van der Waals surface area contributed by atoms with Crippen molar-refractivity contribution in [3.63, 3.8) is 0 Å². The van der Waals surface area contributed by atoms with Gasteiger partial charge in [0.2, 0.25) is 0 Å². The van der Waals surface area contributed by atoms with Crippen LogP contribution in [0.3, 0.4) is 0 Å². The molecule has 1 saturated heterocycles. The summed E-state index contributed by atoms with van der Waals surface area (Å²) < 4.78 is 18.4. The largest absolute Gasteiger partial charge is 0.482 e. The van der Waals surface area contributed by atoms with Crippen LogP contribution in [-0.4, -0.2) is 48.8 Å². The zero-order valence-corrected chi connectivity index (χ0v) is 11.3. The van der Waals surface area contributed by atoms with Crippen LogP contribution in [0.2, 0.25) is 0 Å². The number of halogens is 1. The Morgan fingerprint density at radius 2 is 2.15 bits per heavy atom. The number of carboxylic acids is 1. The summed E-state index contributed by atoms with van der Waals surface area (Å²) in [4.78, 5) is 12.8. The van der Waals surface area contributed by atoms with Crippen LogP contribution in [0.4, 0.5) is 4.39 Å². The number of nitrogens with zero attached hydrogens (tertiary/aromatic N) is 1. The first-order valence-corrected chi connectivity index (χ1v) is 6.65. The highest BCUT2D eigenvalue weighted by Gasteiger charge is 2.15. The van der Waals surface area contributed by atoms with E-state index in [4.69, 9.17) is 9.84 Å². The van der Waals surface area contributed by atoms with E-state index in [1.165, 1.54) is 0 Å². The van der Waals surface area contributed by atoms with Crippen molar-refractivity contribution in [1.29, 1.82) is 0 Å². The van der Waals surface area contributed by atoms with Gasteiger partial charge in [0.1, 0.15) is 12.4 Å². The molecule has 1 aliphatic rings. The van der Waals surface area contributed by atoms with E-state index < -0.39 is 19.3 Å². The summed E-state index contributed by atoms with van der Waals surface area (Å²) in [7, 11) is 0. The molecule has 110 valence electrons. The van der Waals surface area contributed by atoms with Crippen LogP contribution in [-0.2, 0) is 18.0 Å². The average Bonchev–Trinajstić information content (AvgIpc) is 2.46. The highest BCUT2D eigenvalue weighted by molar-refractivity contribution is 5.68. The SMILES string of the molecule is O=C(O)COc1cccc(CN2CCNCC2)c1CF. The molecule has 1 aromatic rings. The monoisotopic (exact) mass is 282 g/mol. The first-order chi connectivity index (χ1) is 9.70. The Hall–Kier alpha value is -1.66. The number of alkyl halides is 1. The van der Waals surface area contributed by atoms with Crippen molar-refractivity contribution in [2.24, 2.45) is 0 Å². The molecule has 0 aliphatic carbocycles. The topological polar surface area (TPSA) is 61.8 Å². The Kier molecular flexibility index (Phi) is 5.31. The van der Waals surface area contributed by atoms with Gasteiger partial charge in [-0.1, -0.05) is 12.1 Å². The lowest BCUT2D eigenvalue weighted by atomic mass is 10.1. The van der Waals surface area contributed by atoms with Gasteiger partial charge in [0, 0.05) is 38.3 Å². The van der Waals surface area contributed by atoms with Gasteiger partial charge >= 0.3 is 5.97 Å². The van der Waals surface area contributed by atoms with E-state index in [0.717, 1.165) is 31.7 Å². The number of piperazine rings is 1. The number of hydrogen-bond donors (Lipinski definition) is 2. The molecule has 0 radical (unpaired) electrons. The van der Waals surface area contributed by atoms with Crippen LogP contribution in [0, 0.1) is 0 Å². The summed E-state index contributed by atoms with van der Waals surface area (Å²) in [6.45, 7) is 3.25. The Bertz CT molecular complexity index is 462. The Morgan fingerprint density at radius 3 is 2.80 bits per heavy atom. The molecular formula is C14H19FN2O3. The summed E-state index contributed by atoms with van der Waals surface area (Å²) >= 11 is 0. The minimum atomic E-state index is -1.07. The maximum Gasteiger partial charge on any atom is 0.341 e. The molecule has 1 aromatic carbocycles. The highest BCUT2D eigenvalue weighted by atomic mass is 19.1.